The molecule has 182 valence electrons. The van der Waals surface area contributed by atoms with Crippen molar-refractivity contribution in [1.82, 2.24) is 19.8 Å². The van der Waals surface area contributed by atoms with Crippen molar-refractivity contribution in [3.05, 3.63) is 114 Å². The number of aromatic nitrogens is 2. The van der Waals surface area contributed by atoms with Gasteiger partial charge in [0.2, 0.25) is 0 Å². The molecule has 0 bridgehead atoms. The molecule has 1 amide bonds. The Labute approximate surface area is 210 Å². The molecule has 0 unspecified atom stereocenters. The molecule has 0 aliphatic carbocycles. The Bertz CT molecular complexity index is 1230. The number of hydrogen-bond acceptors (Lipinski definition) is 5. The second-order valence-electron chi connectivity index (χ2n) is 8.73. The minimum Gasteiger partial charge on any atom is -0.452 e. The first kappa shape index (κ1) is 23.5. The molecule has 36 heavy (non-hydrogen) atoms. The molecule has 0 radical (unpaired) electrons. The fourth-order valence-electron chi connectivity index (χ4n) is 4.60. The van der Waals surface area contributed by atoms with Gasteiger partial charge in [-0.15, -0.1) is 0 Å². The number of carbonyl (C=O) groups is 2. The smallest absolute Gasteiger partial charge is 0.338 e. The molecule has 4 aromatic rings. The van der Waals surface area contributed by atoms with Crippen LogP contribution in [0.1, 0.15) is 27.5 Å². The summed E-state index contributed by atoms with van der Waals surface area (Å²) in [7, 11) is 0. The third-order valence-electron chi connectivity index (χ3n) is 6.48. The van der Waals surface area contributed by atoms with Crippen LogP contribution in [0, 0.1) is 0 Å². The number of ether oxygens (including phenoxy) is 1. The average molecular weight is 481 g/mol. The molecule has 1 saturated heterocycles. The van der Waals surface area contributed by atoms with Gasteiger partial charge in [-0.3, -0.25) is 9.69 Å². The van der Waals surface area contributed by atoms with Gasteiger partial charge >= 0.3 is 5.97 Å². The van der Waals surface area contributed by atoms with Crippen LogP contribution in [0.25, 0.3) is 11.4 Å². The number of H-pyrrole nitrogens is 1. The SMILES string of the molecule is O=C(OCC(=O)N1CCN(C(c2ccccc2)c2ccccc2)CC1)c1ccc(-c2ncc[nH]2)cc1. The maximum atomic E-state index is 12.8. The number of nitrogens with one attached hydrogen (secondary N) is 1. The minimum atomic E-state index is -0.513. The van der Waals surface area contributed by atoms with Crippen molar-refractivity contribution in [3.8, 4) is 11.4 Å². The number of amides is 1. The molecule has 1 fully saturated rings. The lowest BCUT2D eigenvalue weighted by molar-refractivity contribution is -0.136. The Morgan fingerprint density at radius 2 is 1.44 bits per heavy atom. The van der Waals surface area contributed by atoms with Gasteiger partial charge in [0.25, 0.3) is 5.91 Å². The van der Waals surface area contributed by atoms with Crippen molar-refractivity contribution in [1.29, 1.82) is 0 Å². The van der Waals surface area contributed by atoms with Crippen molar-refractivity contribution < 1.29 is 14.3 Å². The Balaban J connectivity index is 1.16. The fourth-order valence-corrected chi connectivity index (χ4v) is 4.60. The van der Waals surface area contributed by atoms with E-state index in [-0.39, 0.29) is 18.6 Å². The van der Waals surface area contributed by atoms with E-state index in [1.54, 1.807) is 41.6 Å². The van der Waals surface area contributed by atoms with Gasteiger partial charge in [0.15, 0.2) is 6.61 Å². The highest BCUT2D eigenvalue weighted by atomic mass is 16.5. The quantitative estimate of drug-likeness (QED) is 0.402. The highest BCUT2D eigenvalue weighted by molar-refractivity contribution is 5.91. The van der Waals surface area contributed by atoms with Gasteiger partial charge in [-0.1, -0.05) is 72.8 Å². The highest BCUT2D eigenvalue weighted by Gasteiger charge is 2.28. The van der Waals surface area contributed by atoms with Gasteiger partial charge in [-0.2, -0.15) is 0 Å². The molecule has 7 nitrogen and oxygen atoms in total. The second-order valence-corrected chi connectivity index (χ2v) is 8.73. The molecule has 0 atom stereocenters. The summed E-state index contributed by atoms with van der Waals surface area (Å²) < 4.78 is 5.32. The Hall–Kier alpha value is -4.23. The summed E-state index contributed by atoms with van der Waals surface area (Å²) in [5, 5.41) is 0. The molecule has 1 aromatic heterocycles. The molecule has 5 rings (SSSR count). The first-order valence-corrected chi connectivity index (χ1v) is 12.1. The molecule has 3 aromatic carbocycles. The van der Waals surface area contributed by atoms with E-state index in [2.05, 4.69) is 63.4 Å². The summed E-state index contributed by atoms with van der Waals surface area (Å²) in [5.41, 5.74) is 3.73. The van der Waals surface area contributed by atoms with E-state index in [9.17, 15) is 9.59 Å². The van der Waals surface area contributed by atoms with E-state index in [0.29, 0.717) is 18.7 Å². The van der Waals surface area contributed by atoms with E-state index in [1.807, 2.05) is 12.1 Å². The van der Waals surface area contributed by atoms with Gasteiger partial charge in [0, 0.05) is 44.1 Å². The third-order valence-corrected chi connectivity index (χ3v) is 6.48. The summed E-state index contributed by atoms with van der Waals surface area (Å²) in [5.74, 6) is 0.0402. The molecule has 1 aliphatic heterocycles. The van der Waals surface area contributed by atoms with Crippen molar-refractivity contribution in [3.63, 3.8) is 0 Å². The van der Waals surface area contributed by atoms with E-state index >= 15 is 0 Å². The summed E-state index contributed by atoms with van der Waals surface area (Å²) in [4.78, 5) is 36.6. The standard InChI is InChI=1S/C29H28N4O3/c34-26(21-36-29(35)25-13-11-24(12-14-25)28-30-15-16-31-28)32-17-19-33(20-18-32)27(22-7-3-1-4-8-22)23-9-5-2-6-10-23/h1-16,27H,17-21H2,(H,30,31). The summed E-state index contributed by atoms with van der Waals surface area (Å²) in [6.07, 6.45) is 3.42. The number of esters is 1. The zero-order valence-corrected chi connectivity index (χ0v) is 19.9. The number of piperazine rings is 1. The third kappa shape index (κ3) is 5.37. The monoisotopic (exact) mass is 480 g/mol. The van der Waals surface area contributed by atoms with Gasteiger partial charge in [0.1, 0.15) is 5.82 Å². The average Bonchev–Trinajstić information content (AvgIpc) is 3.49. The summed E-state index contributed by atoms with van der Waals surface area (Å²) >= 11 is 0. The van der Waals surface area contributed by atoms with E-state index < -0.39 is 5.97 Å². The van der Waals surface area contributed by atoms with Crippen LogP contribution in [0.15, 0.2) is 97.3 Å². The lowest BCUT2D eigenvalue weighted by atomic mass is 9.96. The van der Waals surface area contributed by atoms with Crippen LogP contribution in [0.4, 0.5) is 0 Å². The molecular weight excluding hydrogens is 452 g/mol. The van der Waals surface area contributed by atoms with Gasteiger partial charge in [0.05, 0.1) is 11.6 Å². The van der Waals surface area contributed by atoms with Crippen LogP contribution in [0.3, 0.4) is 0 Å². The van der Waals surface area contributed by atoms with Crippen molar-refractivity contribution in [2.75, 3.05) is 32.8 Å². The molecule has 2 heterocycles. The number of benzene rings is 3. The molecule has 1 N–H and O–H groups in total. The Morgan fingerprint density at radius 3 is 2.00 bits per heavy atom. The van der Waals surface area contributed by atoms with Crippen molar-refractivity contribution >= 4 is 11.9 Å². The zero-order chi connectivity index (χ0) is 24.7. The lowest BCUT2D eigenvalue weighted by Crippen LogP contribution is -2.50. The fraction of sp³-hybridized carbons (Fsp3) is 0.207. The normalized spacial score (nSPS) is 14.1. The van der Waals surface area contributed by atoms with Crippen LogP contribution in [-0.4, -0.2) is 64.4 Å². The van der Waals surface area contributed by atoms with Crippen molar-refractivity contribution in [2.45, 2.75) is 6.04 Å². The lowest BCUT2D eigenvalue weighted by Gasteiger charge is -2.39. The van der Waals surface area contributed by atoms with Gasteiger partial charge in [-0.25, -0.2) is 9.78 Å². The molecule has 7 heteroatoms. The number of nitrogens with zero attached hydrogens (tertiary/aromatic N) is 3. The largest absolute Gasteiger partial charge is 0.452 e. The maximum Gasteiger partial charge on any atom is 0.338 e. The van der Waals surface area contributed by atoms with Crippen LogP contribution in [-0.2, 0) is 9.53 Å². The highest BCUT2D eigenvalue weighted by Crippen LogP contribution is 2.29. The van der Waals surface area contributed by atoms with Crippen molar-refractivity contribution in [2.24, 2.45) is 0 Å². The van der Waals surface area contributed by atoms with E-state index in [4.69, 9.17) is 4.74 Å². The van der Waals surface area contributed by atoms with Crippen LogP contribution >= 0.6 is 0 Å². The first-order valence-electron chi connectivity index (χ1n) is 12.1. The number of aromatic amines is 1. The topological polar surface area (TPSA) is 78.5 Å². The van der Waals surface area contributed by atoms with E-state index in [0.717, 1.165) is 24.5 Å². The van der Waals surface area contributed by atoms with Gasteiger partial charge in [-0.05, 0) is 23.3 Å². The Morgan fingerprint density at radius 1 is 0.833 bits per heavy atom. The summed E-state index contributed by atoms with van der Waals surface area (Å²) in [6, 6.07) is 28.0. The number of hydrogen-bond donors (Lipinski definition) is 1. The predicted octanol–water partition coefficient (Wildman–Crippen LogP) is 4.17. The number of rotatable bonds is 7. The minimum absolute atomic E-state index is 0.131. The van der Waals surface area contributed by atoms with Crippen LogP contribution in [0.2, 0.25) is 0 Å². The second kappa shape index (κ2) is 11.0. The summed E-state index contributed by atoms with van der Waals surface area (Å²) in [6.45, 7) is 2.39. The van der Waals surface area contributed by atoms with Gasteiger partial charge < -0.3 is 14.6 Å². The number of imidazole rings is 1. The zero-order valence-electron chi connectivity index (χ0n) is 19.9. The molecule has 1 aliphatic rings. The first-order chi connectivity index (χ1) is 17.7. The number of carbonyl (C=O) groups excluding carboxylic acids is 2. The molecule has 0 spiro atoms. The molecular formula is C29H28N4O3. The maximum absolute atomic E-state index is 12.8. The Kier molecular flexibility index (Phi) is 7.19. The van der Waals surface area contributed by atoms with Crippen LogP contribution in [0.5, 0.6) is 0 Å². The molecule has 0 saturated carbocycles. The van der Waals surface area contributed by atoms with Crippen LogP contribution < -0.4 is 0 Å². The van der Waals surface area contributed by atoms with E-state index in [1.165, 1.54) is 11.1 Å². The predicted molar refractivity (Wildman–Crippen MR) is 137 cm³/mol.